The quantitative estimate of drug-likeness (QED) is 0.740. The number of alkyl carbamates (subject to hydrolysis) is 1. The maximum absolute atomic E-state index is 14.8. The molecule has 0 saturated carbocycles. The van der Waals surface area contributed by atoms with Gasteiger partial charge in [0.2, 0.25) is 5.91 Å². The van der Waals surface area contributed by atoms with E-state index in [0.717, 1.165) is 25.8 Å². The normalized spacial score (nSPS) is 25.6. The first-order chi connectivity index (χ1) is 12.5. The van der Waals surface area contributed by atoms with Crippen molar-refractivity contribution < 1.29 is 18.7 Å². The molecule has 2 saturated heterocycles. The molecule has 0 spiro atoms. The second kappa shape index (κ2) is 7.90. The fraction of sp³-hybridized carbons (Fsp3) is 0.556. The van der Waals surface area contributed by atoms with E-state index >= 15 is 0 Å². The van der Waals surface area contributed by atoms with Crippen LogP contribution in [0.15, 0.2) is 18.2 Å². The lowest BCUT2D eigenvalue weighted by atomic mass is 10.00. The molecule has 3 atom stereocenters. The van der Waals surface area contributed by atoms with Crippen LogP contribution in [0, 0.1) is 5.82 Å². The third-order valence-electron chi connectivity index (χ3n) is 4.93. The van der Waals surface area contributed by atoms with Gasteiger partial charge in [0, 0.05) is 13.5 Å². The number of amides is 2. The second-order valence-corrected chi connectivity index (χ2v) is 6.71. The van der Waals surface area contributed by atoms with Crippen LogP contribution in [0.5, 0.6) is 0 Å². The Bertz CT molecular complexity index is 684. The molecule has 7 nitrogen and oxygen atoms in total. The van der Waals surface area contributed by atoms with Crippen molar-refractivity contribution in [3.63, 3.8) is 0 Å². The molecule has 2 heterocycles. The molecule has 0 bridgehead atoms. The molecule has 26 heavy (non-hydrogen) atoms. The third kappa shape index (κ3) is 3.90. The number of nitrogens with one attached hydrogen (secondary N) is 3. The SMILES string of the molecule is CN[C@@H]1CCCCN1c1ccc([C@@H]2NC(=O)O[C@H]2CNC(C)=O)cc1F. The summed E-state index contributed by atoms with van der Waals surface area (Å²) in [6.07, 6.45) is 2.11. The molecule has 0 aromatic heterocycles. The second-order valence-electron chi connectivity index (χ2n) is 6.71. The van der Waals surface area contributed by atoms with Crippen LogP contribution in [0.4, 0.5) is 14.9 Å². The molecular weight excluding hydrogens is 339 g/mol. The van der Waals surface area contributed by atoms with Crippen LogP contribution in [-0.4, -0.2) is 44.4 Å². The van der Waals surface area contributed by atoms with E-state index in [2.05, 4.69) is 16.0 Å². The van der Waals surface area contributed by atoms with E-state index in [0.29, 0.717) is 11.3 Å². The highest BCUT2D eigenvalue weighted by Crippen LogP contribution is 2.31. The van der Waals surface area contributed by atoms with Crippen LogP contribution >= 0.6 is 0 Å². The minimum Gasteiger partial charge on any atom is -0.442 e. The number of hydrogen-bond donors (Lipinski definition) is 3. The van der Waals surface area contributed by atoms with Crippen molar-refractivity contribution in [1.29, 1.82) is 0 Å². The number of halogens is 1. The monoisotopic (exact) mass is 364 g/mol. The Balaban J connectivity index is 1.79. The number of rotatable bonds is 5. The molecule has 8 heteroatoms. The summed E-state index contributed by atoms with van der Waals surface area (Å²) in [5.41, 5.74) is 1.17. The lowest BCUT2D eigenvalue weighted by Crippen LogP contribution is -2.47. The number of carbonyl (C=O) groups excluding carboxylic acids is 2. The van der Waals surface area contributed by atoms with E-state index in [1.807, 2.05) is 11.9 Å². The van der Waals surface area contributed by atoms with Crippen LogP contribution < -0.4 is 20.9 Å². The van der Waals surface area contributed by atoms with Gasteiger partial charge in [0.15, 0.2) is 0 Å². The average Bonchev–Trinajstić information content (AvgIpc) is 3.00. The molecule has 1 aromatic rings. The maximum atomic E-state index is 14.8. The Kier molecular flexibility index (Phi) is 5.61. The number of hydrogen-bond acceptors (Lipinski definition) is 5. The zero-order valence-corrected chi connectivity index (χ0v) is 15.0. The molecule has 2 fully saturated rings. The number of carbonyl (C=O) groups is 2. The zero-order valence-electron chi connectivity index (χ0n) is 15.0. The maximum Gasteiger partial charge on any atom is 0.408 e. The summed E-state index contributed by atoms with van der Waals surface area (Å²) < 4.78 is 20.0. The highest BCUT2D eigenvalue weighted by atomic mass is 19.1. The van der Waals surface area contributed by atoms with Crippen molar-refractivity contribution in [1.82, 2.24) is 16.0 Å². The molecule has 1 aromatic carbocycles. The van der Waals surface area contributed by atoms with Gasteiger partial charge in [0.1, 0.15) is 11.9 Å². The van der Waals surface area contributed by atoms with Crippen LogP contribution in [0.3, 0.4) is 0 Å². The van der Waals surface area contributed by atoms with Crippen LogP contribution in [0.2, 0.25) is 0 Å². The topological polar surface area (TPSA) is 82.7 Å². The lowest BCUT2D eigenvalue weighted by Gasteiger charge is -2.37. The Hall–Kier alpha value is -2.35. The van der Waals surface area contributed by atoms with Crippen molar-refractivity contribution >= 4 is 17.7 Å². The Morgan fingerprint density at radius 3 is 2.92 bits per heavy atom. The number of benzene rings is 1. The molecule has 3 N–H and O–H groups in total. The minimum atomic E-state index is -0.573. The predicted molar refractivity (Wildman–Crippen MR) is 95.3 cm³/mol. The predicted octanol–water partition coefficient (Wildman–Crippen LogP) is 1.65. The summed E-state index contributed by atoms with van der Waals surface area (Å²) in [6, 6.07) is 4.50. The molecule has 0 radical (unpaired) electrons. The molecule has 2 amide bonds. The van der Waals surface area contributed by atoms with Crippen molar-refractivity contribution in [2.45, 2.75) is 44.5 Å². The van der Waals surface area contributed by atoms with Gasteiger partial charge in [-0.25, -0.2) is 9.18 Å². The molecule has 0 unspecified atom stereocenters. The average molecular weight is 364 g/mol. The van der Waals surface area contributed by atoms with Crippen LogP contribution in [-0.2, 0) is 9.53 Å². The summed E-state index contributed by atoms with van der Waals surface area (Å²) in [5, 5.41) is 8.55. The number of cyclic esters (lactones) is 1. The van der Waals surface area contributed by atoms with Crippen molar-refractivity contribution in [3.8, 4) is 0 Å². The lowest BCUT2D eigenvalue weighted by molar-refractivity contribution is -0.119. The van der Waals surface area contributed by atoms with Gasteiger partial charge in [0.05, 0.1) is 24.4 Å². The summed E-state index contributed by atoms with van der Waals surface area (Å²) >= 11 is 0. The molecule has 0 aliphatic carbocycles. The van der Waals surface area contributed by atoms with Crippen molar-refractivity contribution in [2.24, 2.45) is 0 Å². The van der Waals surface area contributed by atoms with Gasteiger partial charge in [0.25, 0.3) is 0 Å². The van der Waals surface area contributed by atoms with Crippen LogP contribution in [0.25, 0.3) is 0 Å². The molecule has 142 valence electrons. The summed E-state index contributed by atoms with van der Waals surface area (Å²) in [6.45, 7) is 2.37. The highest BCUT2D eigenvalue weighted by Gasteiger charge is 2.36. The largest absolute Gasteiger partial charge is 0.442 e. The number of anilines is 1. The number of piperidine rings is 1. The van der Waals surface area contributed by atoms with Crippen LogP contribution in [0.1, 0.15) is 37.8 Å². The fourth-order valence-electron chi connectivity index (χ4n) is 3.63. The highest BCUT2D eigenvalue weighted by molar-refractivity contribution is 5.73. The first-order valence-electron chi connectivity index (χ1n) is 8.94. The van der Waals surface area contributed by atoms with E-state index in [-0.39, 0.29) is 24.4 Å². The molecule has 2 aliphatic rings. The Morgan fingerprint density at radius 2 is 2.23 bits per heavy atom. The minimum absolute atomic E-state index is 0.117. The molecule has 3 rings (SSSR count). The Morgan fingerprint density at radius 1 is 1.42 bits per heavy atom. The third-order valence-corrected chi connectivity index (χ3v) is 4.93. The van der Waals surface area contributed by atoms with E-state index in [1.54, 1.807) is 12.1 Å². The number of nitrogens with zero attached hydrogens (tertiary/aromatic N) is 1. The van der Waals surface area contributed by atoms with Crippen molar-refractivity contribution in [2.75, 3.05) is 25.0 Å². The van der Waals surface area contributed by atoms with Gasteiger partial charge in [-0.15, -0.1) is 0 Å². The molecule has 2 aliphatic heterocycles. The fourth-order valence-corrected chi connectivity index (χ4v) is 3.63. The zero-order chi connectivity index (χ0) is 18.7. The summed E-state index contributed by atoms with van der Waals surface area (Å²) in [4.78, 5) is 24.8. The van der Waals surface area contributed by atoms with Gasteiger partial charge in [-0.1, -0.05) is 6.07 Å². The van der Waals surface area contributed by atoms with E-state index in [4.69, 9.17) is 4.74 Å². The van der Waals surface area contributed by atoms with E-state index in [9.17, 15) is 14.0 Å². The van der Waals surface area contributed by atoms with E-state index < -0.39 is 18.2 Å². The summed E-state index contributed by atoms with van der Waals surface area (Å²) in [7, 11) is 1.88. The smallest absolute Gasteiger partial charge is 0.408 e. The van der Waals surface area contributed by atoms with Gasteiger partial charge >= 0.3 is 6.09 Å². The van der Waals surface area contributed by atoms with Gasteiger partial charge in [-0.3, -0.25) is 4.79 Å². The Labute approximate surface area is 152 Å². The number of ether oxygens (including phenoxy) is 1. The van der Waals surface area contributed by atoms with Gasteiger partial charge in [-0.05, 0) is 44.0 Å². The van der Waals surface area contributed by atoms with Gasteiger partial charge in [-0.2, -0.15) is 0 Å². The standard InChI is InChI=1S/C18H25FN4O3/c1-11(24)21-10-15-17(22-18(25)26-15)12-6-7-14(13(19)9-12)23-8-4-3-5-16(23)20-2/h6-7,9,15-17,20H,3-5,8,10H2,1-2H3,(H,21,24)(H,22,25)/t15-,16-,17-/m0/s1. The van der Waals surface area contributed by atoms with Gasteiger partial charge < -0.3 is 25.6 Å². The molecular formula is C18H25FN4O3. The first kappa shape index (κ1) is 18.4. The first-order valence-corrected chi connectivity index (χ1v) is 8.94. The van der Waals surface area contributed by atoms with Crippen molar-refractivity contribution in [3.05, 3.63) is 29.6 Å². The summed E-state index contributed by atoms with van der Waals surface area (Å²) in [5.74, 6) is -0.541. The van der Waals surface area contributed by atoms with E-state index in [1.165, 1.54) is 13.0 Å².